The maximum Gasteiger partial charge on any atom is 0.133 e. The van der Waals surface area contributed by atoms with Crippen molar-refractivity contribution in [3.8, 4) is 0 Å². The number of rotatable bonds is 3. The van der Waals surface area contributed by atoms with Crippen LogP contribution in [0.4, 0.5) is 11.4 Å². The largest absolute Gasteiger partial charge is 0.398 e. The highest BCUT2D eigenvalue weighted by molar-refractivity contribution is 6.00. The van der Waals surface area contributed by atoms with Gasteiger partial charge in [-0.3, -0.25) is 4.98 Å². The van der Waals surface area contributed by atoms with Crippen molar-refractivity contribution in [2.45, 2.75) is 13.5 Å². The van der Waals surface area contributed by atoms with Crippen LogP contribution in [0.2, 0.25) is 0 Å². The molecular weight excluding hydrogens is 240 g/mol. The van der Waals surface area contributed by atoms with Crippen molar-refractivity contribution >= 4 is 22.1 Å². The normalized spacial score (nSPS) is 10.8. The maximum absolute atomic E-state index is 5.94. The highest BCUT2D eigenvalue weighted by Gasteiger charge is 2.05. The van der Waals surface area contributed by atoms with Gasteiger partial charge in [-0.15, -0.1) is 0 Å². The average Bonchev–Trinajstić information content (AvgIpc) is 2.84. The highest BCUT2D eigenvalue weighted by atomic mass is 16.5. The number of aryl methyl sites for hydroxylation is 1. The first-order chi connectivity index (χ1) is 9.24. The summed E-state index contributed by atoms with van der Waals surface area (Å²) >= 11 is 0. The minimum atomic E-state index is 0.610. The number of hydrogen-bond acceptors (Lipinski definition) is 5. The SMILES string of the molecule is Cc1cc(CNc2ccc(N)c3cnccc23)no1. The Kier molecular flexibility index (Phi) is 2.79. The number of pyridine rings is 1. The zero-order valence-corrected chi connectivity index (χ0v) is 10.6. The molecule has 19 heavy (non-hydrogen) atoms. The Morgan fingerprint density at radius 1 is 1.26 bits per heavy atom. The third-order valence-corrected chi connectivity index (χ3v) is 2.99. The molecule has 0 unspecified atom stereocenters. The molecule has 3 aromatic rings. The molecule has 2 aromatic heterocycles. The van der Waals surface area contributed by atoms with Gasteiger partial charge in [0.2, 0.25) is 0 Å². The van der Waals surface area contributed by atoms with Crippen molar-refractivity contribution in [2.75, 3.05) is 11.1 Å². The monoisotopic (exact) mass is 254 g/mol. The Morgan fingerprint density at radius 2 is 2.16 bits per heavy atom. The van der Waals surface area contributed by atoms with E-state index in [0.717, 1.165) is 33.6 Å². The molecule has 0 saturated carbocycles. The van der Waals surface area contributed by atoms with E-state index in [9.17, 15) is 0 Å². The molecule has 0 radical (unpaired) electrons. The van der Waals surface area contributed by atoms with Gasteiger partial charge in [0.25, 0.3) is 0 Å². The number of hydrogen-bond donors (Lipinski definition) is 2. The number of anilines is 2. The van der Waals surface area contributed by atoms with Gasteiger partial charge < -0.3 is 15.6 Å². The van der Waals surface area contributed by atoms with Crippen LogP contribution >= 0.6 is 0 Å². The first-order valence-electron chi connectivity index (χ1n) is 6.02. The molecular formula is C14H14N4O. The molecule has 0 spiro atoms. The summed E-state index contributed by atoms with van der Waals surface area (Å²) in [6, 6.07) is 7.70. The minimum Gasteiger partial charge on any atom is -0.398 e. The van der Waals surface area contributed by atoms with Crippen LogP contribution in [0.25, 0.3) is 10.8 Å². The van der Waals surface area contributed by atoms with E-state index in [-0.39, 0.29) is 0 Å². The van der Waals surface area contributed by atoms with E-state index in [1.807, 2.05) is 31.2 Å². The Balaban J connectivity index is 1.91. The highest BCUT2D eigenvalue weighted by Crippen LogP contribution is 2.27. The third-order valence-electron chi connectivity index (χ3n) is 2.99. The molecule has 0 saturated heterocycles. The summed E-state index contributed by atoms with van der Waals surface area (Å²) in [6.07, 6.45) is 3.53. The standard InChI is InChI=1S/C14H14N4O/c1-9-6-10(18-19-9)7-17-14-3-2-13(15)12-8-16-5-4-11(12)14/h2-6,8,17H,7,15H2,1H3. The van der Waals surface area contributed by atoms with Gasteiger partial charge in [-0.2, -0.15) is 0 Å². The van der Waals surface area contributed by atoms with Crippen LogP contribution in [-0.2, 0) is 6.54 Å². The first kappa shape index (κ1) is 11.5. The van der Waals surface area contributed by atoms with E-state index in [0.29, 0.717) is 6.54 Å². The van der Waals surface area contributed by atoms with Crippen LogP contribution in [0.1, 0.15) is 11.5 Å². The molecule has 2 heterocycles. The molecule has 0 fully saturated rings. The summed E-state index contributed by atoms with van der Waals surface area (Å²) in [5.41, 5.74) is 8.55. The number of aromatic nitrogens is 2. The molecule has 0 aliphatic rings. The Bertz CT molecular complexity index is 720. The molecule has 1 aromatic carbocycles. The second kappa shape index (κ2) is 4.61. The predicted octanol–water partition coefficient (Wildman–Crippen LogP) is 2.73. The average molecular weight is 254 g/mol. The Morgan fingerprint density at radius 3 is 2.95 bits per heavy atom. The second-order valence-corrected chi connectivity index (χ2v) is 4.41. The van der Waals surface area contributed by atoms with Crippen molar-refractivity contribution in [2.24, 2.45) is 0 Å². The van der Waals surface area contributed by atoms with Crippen LogP contribution in [-0.4, -0.2) is 10.1 Å². The molecule has 5 heteroatoms. The topological polar surface area (TPSA) is 77.0 Å². The van der Waals surface area contributed by atoms with Crippen LogP contribution in [0.15, 0.2) is 41.2 Å². The molecule has 5 nitrogen and oxygen atoms in total. The van der Waals surface area contributed by atoms with Gasteiger partial charge in [0.1, 0.15) is 11.5 Å². The summed E-state index contributed by atoms with van der Waals surface area (Å²) in [6.45, 7) is 2.49. The summed E-state index contributed by atoms with van der Waals surface area (Å²) in [4.78, 5) is 4.10. The van der Waals surface area contributed by atoms with E-state index >= 15 is 0 Å². The number of nitrogens with zero attached hydrogens (tertiary/aromatic N) is 2. The number of benzene rings is 1. The summed E-state index contributed by atoms with van der Waals surface area (Å²) < 4.78 is 5.04. The van der Waals surface area contributed by atoms with Crippen molar-refractivity contribution < 1.29 is 4.52 Å². The number of fused-ring (bicyclic) bond motifs is 1. The molecule has 0 aliphatic carbocycles. The Hall–Kier alpha value is -2.56. The van der Waals surface area contributed by atoms with E-state index in [4.69, 9.17) is 10.3 Å². The lowest BCUT2D eigenvalue weighted by Gasteiger charge is -2.09. The fourth-order valence-electron chi connectivity index (χ4n) is 2.05. The van der Waals surface area contributed by atoms with Crippen LogP contribution in [0.3, 0.4) is 0 Å². The van der Waals surface area contributed by atoms with E-state index in [2.05, 4.69) is 15.5 Å². The van der Waals surface area contributed by atoms with Gasteiger partial charge in [0.15, 0.2) is 0 Å². The lowest BCUT2D eigenvalue weighted by atomic mass is 10.1. The van der Waals surface area contributed by atoms with Crippen molar-refractivity contribution in [1.82, 2.24) is 10.1 Å². The molecule has 0 atom stereocenters. The molecule has 0 aliphatic heterocycles. The fraction of sp³-hybridized carbons (Fsp3) is 0.143. The first-order valence-corrected chi connectivity index (χ1v) is 6.02. The zero-order valence-electron chi connectivity index (χ0n) is 10.6. The molecule has 3 rings (SSSR count). The van der Waals surface area contributed by atoms with Gasteiger partial charge in [0.05, 0.1) is 6.54 Å². The van der Waals surface area contributed by atoms with Crippen LogP contribution < -0.4 is 11.1 Å². The molecule has 0 amide bonds. The molecule has 96 valence electrons. The van der Waals surface area contributed by atoms with Gasteiger partial charge in [-0.25, -0.2) is 0 Å². The van der Waals surface area contributed by atoms with Gasteiger partial charge in [0, 0.05) is 40.6 Å². The third kappa shape index (κ3) is 2.22. The van der Waals surface area contributed by atoms with E-state index < -0.39 is 0 Å². The van der Waals surface area contributed by atoms with Crippen molar-refractivity contribution in [1.29, 1.82) is 0 Å². The number of nitrogen functional groups attached to an aromatic ring is 1. The summed E-state index contributed by atoms with van der Waals surface area (Å²) in [5, 5.41) is 9.29. The van der Waals surface area contributed by atoms with Crippen LogP contribution in [0.5, 0.6) is 0 Å². The van der Waals surface area contributed by atoms with Crippen molar-refractivity contribution in [3.63, 3.8) is 0 Å². The van der Waals surface area contributed by atoms with Crippen molar-refractivity contribution in [3.05, 3.63) is 48.1 Å². The van der Waals surface area contributed by atoms with Crippen LogP contribution in [0, 0.1) is 6.92 Å². The van der Waals surface area contributed by atoms with E-state index in [1.165, 1.54) is 0 Å². The van der Waals surface area contributed by atoms with Gasteiger partial charge in [-0.1, -0.05) is 5.16 Å². The second-order valence-electron chi connectivity index (χ2n) is 4.41. The zero-order chi connectivity index (χ0) is 13.2. The summed E-state index contributed by atoms with van der Waals surface area (Å²) in [7, 11) is 0. The predicted molar refractivity (Wildman–Crippen MR) is 74.7 cm³/mol. The van der Waals surface area contributed by atoms with E-state index in [1.54, 1.807) is 12.4 Å². The molecule has 0 bridgehead atoms. The molecule has 3 N–H and O–H groups in total. The minimum absolute atomic E-state index is 0.610. The van der Waals surface area contributed by atoms with Gasteiger partial charge in [-0.05, 0) is 25.1 Å². The maximum atomic E-state index is 5.94. The quantitative estimate of drug-likeness (QED) is 0.703. The number of nitrogens with one attached hydrogen (secondary N) is 1. The fourth-order valence-corrected chi connectivity index (χ4v) is 2.05. The lowest BCUT2D eigenvalue weighted by Crippen LogP contribution is -2.01. The smallest absolute Gasteiger partial charge is 0.133 e. The Labute approximate surface area is 110 Å². The van der Waals surface area contributed by atoms with Gasteiger partial charge >= 0.3 is 0 Å². The summed E-state index contributed by atoms with van der Waals surface area (Å²) in [5.74, 6) is 0.808. The lowest BCUT2D eigenvalue weighted by molar-refractivity contribution is 0.391. The number of nitrogens with two attached hydrogens (primary N) is 1.